The van der Waals surface area contributed by atoms with Crippen LogP contribution in [0, 0.1) is 5.92 Å². The van der Waals surface area contributed by atoms with Crippen molar-refractivity contribution in [1.29, 1.82) is 0 Å². The lowest BCUT2D eigenvalue weighted by molar-refractivity contribution is -0.123. The first kappa shape index (κ1) is 16.7. The number of hydrogen-bond acceptors (Lipinski definition) is 4. The Hall–Kier alpha value is -1.63. The van der Waals surface area contributed by atoms with Gasteiger partial charge in [-0.05, 0) is 52.1 Å². The van der Waals surface area contributed by atoms with Crippen LogP contribution in [0.2, 0.25) is 0 Å². The number of amides is 4. The molecule has 124 valence electrons. The molecule has 2 aliphatic rings. The zero-order valence-corrected chi connectivity index (χ0v) is 13.4. The largest absolute Gasteiger partial charge is 0.354 e. The predicted octanol–water partition coefficient (Wildman–Crippen LogP) is 0.211. The molecule has 2 aliphatic heterocycles. The first-order valence-corrected chi connectivity index (χ1v) is 8.08. The highest BCUT2D eigenvalue weighted by Gasteiger charge is 2.27. The van der Waals surface area contributed by atoms with Crippen molar-refractivity contribution >= 4 is 17.8 Å². The molecule has 3 N–H and O–H groups in total. The van der Waals surface area contributed by atoms with Gasteiger partial charge in [0.1, 0.15) is 6.04 Å². The lowest BCUT2D eigenvalue weighted by Gasteiger charge is -2.34. The lowest BCUT2D eigenvalue weighted by Crippen LogP contribution is -2.49. The van der Waals surface area contributed by atoms with Gasteiger partial charge < -0.3 is 15.5 Å². The van der Waals surface area contributed by atoms with Gasteiger partial charge in [0, 0.05) is 19.0 Å². The van der Waals surface area contributed by atoms with Crippen molar-refractivity contribution in [3.05, 3.63) is 0 Å². The van der Waals surface area contributed by atoms with E-state index in [1.807, 2.05) is 0 Å². The van der Waals surface area contributed by atoms with Crippen LogP contribution in [0.4, 0.5) is 4.79 Å². The smallest absolute Gasteiger partial charge is 0.322 e. The fourth-order valence-electron chi connectivity index (χ4n) is 2.97. The Kier molecular flexibility index (Phi) is 5.76. The van der Waals surface area contributed by atoms with E-state index in [4.69, 9.17) is 0 Å². The van der Waals surface area contributed by atoms with Crippen LogP contribution in [0.1, 0.15) is 39.5 Å². The third kappa shape index (κ3) is 4.69. The molecule has 0 aromatic heterocycles. The van der Waals surface area contributed by atoms with Crippen LogP contribution in [-0.2, 0) is 9.59 Å². The molecule has 0 bridgehead atoms. The van der Waals surface area contributed by atoms with Gasteiger partial charge in [0.2, 0.25) is 11.8 Å². The topological polar surface area (TPSA) is 90.5 Å². The van der Waals surface area contributed by atoms with Gasteiger partial charge in [0.05, 0.1) is 0 Å². The molecule has 0 aromatic rings. The third-order valence-corrected chi connectivity index (χ3v) is 4.48. The van der Waals surface area contributed by atoms with Crippen molar-refractivity contribution in [2.75, 3.05) is 19.6 Å². The number of carbonyl (C=O) groups excluding carboxylic acids is 3. The van der Waals surface area contributed by atoms with E-state index < -0.39 is 12.1 Å². The van der Waals surface area contributed by atoms with E-state index in [1.165, 1.54) is 0 Å². The molecule has 0 spiro atoms. The minimum atomic E-state index is -0.623. The molecule has 7 nitrogen and oxygen atoms in total. The van der Waals surface area contributed by atoms with E-state index in [2.05, 4.69) is 34.7 Å². The van der Waals surface area contributed by atoms with Gasteiger partial charge in [-0.15, -0.1) is 0 Å². The number of nitrogens with one attached hydrogen (secondary N) is 3. The summed E-state index contributed by atoms with van der Waals surface area (Å²) in [5.41, 5.74) is 0. The summed E-state index contributed by atoms with van der Waals surface area (Å²) in [6.07, 6.45) is 2.68. The van der Waals surface area contributed by atoms with Crippen molar-refractivity contribution in [2.24, 2.45) is 5.92 Å². The van der Waals surface area contributed by atoms with Crippen LogP contribution < -0.4 is 16.0 Å². The number of nitrogens with zero attached hydrogens (tertiary/aromatic N) is 1. The van der Waals surface area contributed by atoms with Gasteiger partial charge in [-0.2, -0.15) is 0 Å². The van der Waals surface area contributed by atoms with Gasteiger partial charge in [0.15, 0.2) is 0 Å². The van der Waals surface area contributed by atoms with Gasteiger partial charge >= 0.3 is 6.03 Å². The van der Waals surface area contributed by atoms with Crippen LogP contribution in [-0.4, -0.2) is 54.5 Å². The number of rotatable bonds is 4. The second kappa shape index (κ2) is 7.58. The van der Waals surface area contributed by atoms with Crippen LogP contribution >= 0.6 is 0 Å². The minimum absolute atomic E-state index is 0.184. The van der Waals surface area contributed by atoms with Crippen molar-refractivity contribution in [1.82, 2.24) is 20.9 Å². The zero-order chi connectivity index (χ0) is 16.1. The Morgan fingerprint density at radius 2 is 1.95 bits per heavy atom. The maximum Gasteiger partial charge on any atom is 0.322 e. The number of likely N-dealkylation sites (tertiary alicyclic amines) is 1. The summed E-state index contributed by atoms with van der Waals surface area (Å²) in [7, 11) is 0. The fourth-order valence-corrected chi connectivity index (χ4v) is 2.97. The Morgan fingerprint density at radius 3 is 2.59 bits per heavy atom. The Labute approximate surface area is 131 Å². The van der Waals surface area contributed by atoms with Crippen molar-refractivity contribution in [2.45, 2.75) is 51.6 Å². The highest BCUT2D eigenvalue weighted by Crippen LogP contribution is 2.18. The molecule has 2 rings (SSSR count). The third-order valence-electron chi connectivity index (χ3n) is 4.48. The number of urea groups is 1. The van der Waals surface area contributed by atoms with Crippen LogP contribution in [0.15, 0.2) is 0 Å². The molecule has 2 saturated heterocycles. The predicted molar refractivity (Wildman–Crippen MR) is 82.1 cm³/mol. The number of carbonyl (C=O) groups is 3. The summed E-state index contributed by atoms with van der Waals surface area (Å²) in [4.78, 5) is 37.2. The molecule has 2 fully saturated rings. The van der Waals surface area contributed by atoms with Crippen LogP contribution in [0.3, 0.4) is 0 Å². The molecule has 0 saturated carbocycles. The molecule has 0 unspecified atom stereocenters. The normalized spacial score (nSPS) is 24.6. The summed E-state index contributed by atoms with van der Waals surface area (Å²) < 4.78 is 0. The molecule has 2 heterocycles. The minimum Gasteiger partial charge on any atom is -0.354 e. The average molecular weight is 310 g/mol. The molecule has 1 atom stereocenters. The molecule has 4 amide bonds. The quantitative estimate of drug-likeness (QED) is 0.692. The fraction of sp³-hybridized carbons (Fsp3) is 0.800. The van der Waals surface area contributed by atoms with E-state index in [1.54, 1.807) is 0 Å². The summed E-state index contributed by atoms with van der Waals surface area (Å²) in [6, 6.07) is -0.642. The summed E-state index contributed by atoms with van der Waals surface area (Å²) in [5, 5.41) is 7.62. The highest BCUT2D eigenvalue weighted by atomic mass is 16.2. The lowest BCUT2D eigenvalue weighted by atomic mass is 9.96. The summed E-state index contributed by atoms with van der Waals surface area (Å²) in [5.74, 6) is -0.0508. The number of hydrogen-bond donors (Lipinski definition) is 3. The average Bonchev–Trinajstić information content (AvgIpc) is 2.65. The maximum atomic E-state index is 12.1. The van der Waals surface area contributed by atoms with Crippen LogP contribution in [0.25, 0.3) is 0 Å². The van der Waals surface area contributed by atoms with E-state index in [0.29, 0.717) is 24.9 Å². The number of piperidine rings is 1. The molecular formula is C15H26N4O3. The van der Waals surface area contributed by atoms with E-state index >= 15 is 0 Å². The van der Waals surface area contributed by atoms with E-state index in [-0.39, 0.29) is 18.2 Å². The summed E-state index contributed by atoms with van der Waals surface area (Å²) in [6.45, 7) is 7.17. The monoisotopic (exact) mass is 310 g/mol. The van der Waals surface area contributed by atoms with E-state index in [0.717, 1.165) is 25.9 Å². The van der Waals surface area contributed by atoms with Crippen molar-refractivity contribution in [3.63, 3.8) is 0 Å². The Balaban J connectivity index is 1.74. The molecular weight excluding hydrogens is 284 g/mol. The van der Waals surface area contributed by atoms with Gasteiger partial charge in [-0.25, -0.2) is 4.79 Å². The van der Waals surface area contributed by atoms with Gasteiger partial charge in [0.25, 0.3) is 0 Å². The molecule has 22 heavy (non-hydrogen) atoms. The second-order valence-electron chi connectivity index (χ2n) is 6.43. The van der Waals surface area contributed by atoms with E-state index in [9.17, 15) is 14.4 Å². The van der Waals surface area contributed by atoms with Gasteiger partial charge in [-0.3, -0.25) is 14.9 Å². The Bertz CT molecular complexity index is 431. The second-order valence-corrected chi connectivity index (χ2v) is 6.43. The first-order chi connectivity index (χ1) is 10.5. The zero-order valence-electron chi connectivity index (χ0n) is 13.4. The van der Waals surface area contributed by atoms with Crippen LogP contribution in [0.5, 0.6) is 0 Å². The molecule has 7 heteroatoms. The molecule has 0 radical (unpaired) electrons. The van der Waals surface area contributed by atoms with Crippen molar-refractivity contribution < 1.29 is 14.4 Å². The summed E-state index contributed by atoms with van der Waals surface area (Å²) >= 11 is 0. The maximum absolute atomic E-state index is 12.1. The van der Waals surface area contributed by atoms with Crippen molar-refractivity contribution in [3.8, 4) is 0 Å². The first-order valence-electron chi connectivity index (χ1n) is 8.08. The Morgan fingerprint density at radius 1 is 1.27 bits per heavy atom. The molecule has 0 aliphatic carbocycles. The SMILES string of the molecule is CC(C)N1CCC(CNC(=O)[C@H]2CCC(=O)NC(=O)N2)CC1. The standard InChI is InChI=1S/C15H26N4O3/c1-10(2)19-7-5-11(6-8-19)9-16-14(21)12-3-4-13(20)18-15(22)17-12/h10-12H,3-9H2,1-2H3,(H,16,21)(H2,17,18,20,22)/t12-/m1/s1. The number of imide groups is 1. The highest BCUT2D eigenvalue weighted by molar-refractivity contribution is 5.98. The van der Waals surface area contributed by atoms with Gasteiger partial charge in [-0.1, -0.05) is 0 Å². The molecule has 0 aromatic carbocycles.